The molecule has 0 fully saturated rings. The molecule has 4 nitrogen and oxygen atoms in total. The Bertz CT molecular complexity index is 1650. The predicted molar refractivity (Wildman–Crippen MR) is 142 cm³/mol. The highest BCUT2D eigenvalue weighted by atomic mass is 35.5. The van der Waals surface area contributed by atoms with Gasteiger partial charge in [0.05, 0.1) is 16.3 Å². The molecule has 1 N–H and O–H groups in total. The molecule has 44 heavy (non-hydrogen) atoms. The Morgan fingerprint density at radius 3 is 2.20 bits per heavy atom. The molecular formula is C30H20ClF9N2O2. The summed E-state index contributed by atoms with van der Waals surface area (Å²) < 4.78 is 127. The van der Waals surface area contributed by atoms with Crippen molar-refractivity contribution < 1.29 is 49.0 Å². The minimum Gasteiger partial charge on any atom is -0.428 e. The molecule has 0 aliphatic carbocycles. The fourth-order valence-corrected chi connectivity index (χ4v) is 4.49. The van der Waals surface area contributed by atoms with E-state index in [9.17, 15) is 44.3 Å². The quantitative estimate of drug-likeness (QED) is 0.186. The first-order valence-electron chi connectivity index (χ1n) is 12.5. The number of halogens is 10. The highest BCUT2D eigenvalue weighted by molar-refractivity contribution is 6.30. The van der Waals surface area contributed by atoms with Crippen molar-refractivity contribution in [2.75, 3.05) is 0 Å². The van der Waals surface area contributed by atoms with Gasteiger partial charge in [0.1, 0.15) is 22.9 Å². The standard InChI is InChI=1S/C30H20ClF9N2O2/c1-16-2-4-17(5-3-16)14-28(25-9-7-20(31)15-41-25,19-11-21(32)13-22(12-19)44-30(39,40)27(34)35)42-26(43)18-6-8-24(33)23(10-18)29(36,37)38/h2-13,15,27H,14H2,1H3,(H,42,43). The van der Waals surface area contributed by atoms with E-state index in [1.54, 1.807) is 31.2 Å². The van der Waals surface area contributed by atoms with Crippen molar-refractivity contribution in [2.45, 2.75) is 37.6 Å². The zero-order valence-electron chi connectivity index (χ0n) is 22.3. The molecule has 1 heterocycles. The van der Waals surface area contributed by atoms with Gasteiger partial charge in [0.2, 0.25) is 0 Å². The Balaban J connectivity index is 1.96. The van der Waals surface area contributed by atoms with E-state index in [0.717, 1.165) is 30.0 Å². The summed E-state index contributed by atoms with van der Waals surface area (Å²) in [7, 11) is 0. The van der Waals surface area contributed by atoms with Gasteiger partial charge < -0.3 is 10.1 Å². The molecule has 0 bridgehead atoms. The lowest BCUT2D eigenvalue weighted by Crippen LogP contribution is -2.49. The number of amides is 1. The molecular weight excluding hydrogens is 627 g/mol. The number of carbonyl (C=O) groups is 1. The molecule has 0 saturated heterocycles. The first kappa shape index (κ1) is 32.6. The summed E-state index contributed by atoms with van der Waals surface area (Å²) in [5, 5.41) is 2.62. The number of carbonyl (C=O) groups excluding carboxylic acids is 1. The third-order valence-electron chi connectivity index (χ3n) is 6.49. The van der Waals surface area contributed by atoms with Crippen LogP contribution in [0, 0.1) is 18.6 Å². The number of aromatic nitrogens is 1. The number of rotatable bonds is 9. The summed E-state index contributed by atoms with van der Waals surface area (Å²) in [6.07, 6.45) is -13.7. The molecule has 1 atom stereocenters. The number of ether oxygens (including phenoxy) is 1. The highest BCUT2D eigenvalue weighted by Gasteiger charge is 2.45. The van der Waals surface area contributed by atoms with E-state index >= 15 is 0 Å². The largest absolute Gasteiger partial charge is 0.461 e. The fourth-order valence-electron chi connectivity index (χ4n) is 4.38. The van der Waals surface area contributed by atoms with Gasteiger partial charge in [0.15, 0.2) is 0 Å². The van der Waals surface area contributed by atoms with Gasteiger partial charge in [0, 0.05) is 24.2 Å². The van der Waals surface area contributed by atoms with Gasteiger partial charge in [-0.15, -0.1) is 0 Å². The Morgan fingerprint density at radius 2 is 1.61 bits per heavy atom. The van der Waals surface area contributed by atoms with E-state index in [1.807, 2.05) is 0 Å². The molecule has 4 rings (SSSR count). The normalized spacial score (nSPS) is 13.5. The second-order valence-electron chi connectivity index (χ2n) is 9.72. The SMILES string of the molecule is Cc1ccc(CC(NC(=O)c2ccc(F)c(C(F)(F)F)c2)(c2cc(F)cc(OC(F)(F)C(F)F)c2)c2ccc(Cl)cn2)cc1. The van der Waals surface area contributed by atoms with Crippen LogP contribution in [0.2, 0.25) is 5.02 Å². The minimum absolute atomic E-state index is 0.105. The smallest absolute Gasteiger partial charge is 0.428 e. The lowest BCUT2D eigenvalue weighted by atomic mass is 9.79. The molecule has 1 amide bonds. The summed E-state index contributed by atoms with van der Waals surface area (Å²) in [5.74, 6) is -5.18. The number of alkyl halides is 7. The van der Waals surface area contributed by atoms with Gasteiger partial charge in [-0.25, -0.2) is 8.78 Å². The maximum Gasteiger partial charge on any atom is 0.461 e. The number of nitrogens with zero attached hydrogens (tertiary/aromatic N) is 1. The molecule has 232 valence electrons. The first-order chi connectivity index (χ1) is 20.5. The Kier molecular flexibility index (Phi) is 9.19. The first-order valence-corrected chi connectivity index (χ1v) is 12.9. The van der Waals surface area contributed by atoms with E-state index in [1.165, 1.54) is 12.1 Å². The monoisotopic (exact) mass is 646 g/mol. The van der Waals surface area contributed by atoms with Crippen LogP contribution in [0.25, 0.3) is 0 Å². The van der Waals surface area contributed by atoms with E-state index in [2.05, 4.69) is 15.0 Å². The molecule has 0 aliphatic heterocycles. The third kappa shape index (κ3) is 7.26. The molecule has 1 unspecified atom stereocenters. The summed E-state index contributed by atoms with van der Waals surface area (Å²) in [6, 6.07) is 12.6. The van der Waals surface area contributed by atoms with Crippen LogP contribution in [-0.2, 0) is 18.1 Å². The Hall–Kier alpha value is -4.26. The average Bonchev–Trinajstić information content (AvgIpc) is 2.93. The molecule has 0 aliphatic rings. The Labute approximate surface area is 249 Å². The van der Waals surface area contributed by atoms with Crippen LogP contribution in [0.5, 0.6) is 5.75 Å². The summed E-state index contributed by atoms with van der Waals surface area (Å²) in [4.78, 5) is 17.8. The van der Waals surface area contributed by atoms with Crippen LogP contribution in [0.1, 0.15) is 38.3 Å². The van der Waals surface area contributed by atoms with Gasteiger partial charge in [-0.1, -0.05) is 41.4 Å². The zero-order chi connectivity index (χ0) is 32.4. The van der Waals surface area contributed by atoms with Crippen molar-refractivity contribution >= 4 is 17.5 Å². The van der Waals surface area contributed by atoms with Crippen molar-refractivity contribution in [3.8, 4) is 5.75 Å². The van der Waals surface area contributed by atoms with E-state index in [4.69, 9.17) is 11.6 Å². The average molecular weight is 647 g/mol. The second-order valence-corrected chi connectivity index (χ2v) is 10.2. The zero-order valence-corrected chi connectivity index (χ0v) is 23.1. The fraction of sp³-hybridized carbons (Fsp3) is 0.200. The van der Waals surface area contributed by atoms with Gasteiger partial charge in [-0.05, 0) is 60.5 Å². The van der Waals surface area contributed by atoms with Gasteiger partial charge in [0.25, 0.3) is 5.91 Å². The topological polar surface area (TPSA) is 51.2 Å². The molecule has 0 saturated carbocycles. The van der Waals surface area contributed by atoms with Crippen molar-refractivity contribution in [3.05, 3.63) is 129 Å². The van der Waals surface area contributed by atoms with Crippen LogP contribution in [-0.4, -0.2) is 23.4 Å². The van der Waals surface area contributed by atoms with E-state index in [0.29, 0.717) is 17.7 Å². The van der Waals surface area contributed by atoms with Crippen LogP contribution in [0.3, 0.4) is 0 Å². The number of aryl methyl sites for hydroxylation is 1. The lowest BCUT2D eigenvalue weighted by Gasteiger charge is -2.36. The van der Waals surface area contributed by atoms with Gasteiger partial charge >= 0.3 is 18.7 Å². The van der Waals surface area contributed by atoms with E-state index in [-0.39, 0.29) is 28.8 Å². The minimum atomic E-state index is -5.16. The third-order valence-corrected chi connectivity index (χ3v) is 6.71. The molecule has 0 radical (unpaired) electrons. The summed E-state index contributed by atoms with van der Waals surface area (Å²) in [5.41, 5.74) is -3.70. The molecule has 0 spiro atoms. The predicted octanol–water partition coefficient (Wildman–Crippen LogP) is 8.49. The van der Waals surface area contributed by atoms with Gasteiger partial charge in [-0.2, -0.15) is 30.7 Å². The van der Waals surface area contributed by atoms with Crippen molar-refractivity contribution in [1.82, 2.24) is 10.3 Å². The van der Waals surface area contributed by atoms with Crippen LogP contribution < -0.4 is 10.1 Å². The number of hydrogen-bond acceptors (Lipinski definition) is 3. The molecule has 14 heteroatoms. The van der Waals surface area contributed by atoms with Crippen LogP contribution >= 0.6 is 11.6 Å². The highest BCUT2D eigenvalue weighted by Crippen LogP contribution is 2.38. The maximum atomic E-state index is 15.0. The number of benzene rings is 3. The molecule has 1 aromatic heterocycles. The number of pyridine rings is 1. The van der Waals surface area contributed by atoms with Crippen molar-refractivity contribution in [1.29, 1.82) is 0 Å². The second kappa shape index (κ2) is 12.4. The van der Waals surface area contributed by atoms with Gasteiger partial charge in [-0.3, -0.25) is 9.78 Å². The molecule has 3 aromatic carbocycles. The Morgan fingerprint density at radius 1 is 0.932 bits per heavy atom. The number of nitrogens with one attached hydrogen (secondary N) is 1. The molecule has 4 aromatic rings. The summed E-state index contributed by atoms with van der Waals surface area (Å²) in [6.45, 7) is 1.77. The van der Waals surface area contributed by atoms with Crippen molar-refractivity contribution in [3.63, 3.8) is 0 Å². The number of hydrogen-bond donors (Lipinski definition) is 1. The lowest BCUT2D eigenvalue weighted by molar-refractivity contribution is -0.253. The van der Waals surface area contributed by atoms with Crippen LogP contribution in [0.4, 0.5) is 39.5 Å². The van der Waals surface area contributed by atoms with Crippen molar-refractivity contribution in [2.24, 2.45) is 0 Å². The summed E-state index contributed by atoms with van der Waals surface area (Å²) >= 11 is 5.99. The maximum absolute atomic E-state index is 15.0. The van der Waals surface area contributed by atoms with E-state index < -0.39 is 58.7 Å². The van der Waals surface area contributed by atoms with Crippen LogP contribution in [0.15, 0.2) is 79.0 Å².